The van der Waals surface area contributed by atoms with Gasteiger partial charge in [-0.05, 0) is 51.7 Å². The lowest BCUT2D eigenvalue weighted by atomic mass is 9.71. The van der Waals surface area contributed by atoms with Crippen LogP contribution < -0.4 is 0 Å². The lowest BCUT2D eigenvalue weighted by molar-refractivity contribution is -0.147. The van der Waals surface area contributed by atoms with Crippen LogP contribution in [0.1, 0.15) is 51.4 Å². The summed E-state index contributed by atoms with van der Waals surface area (Å²) in [5.74, 6) is 1.13. The molecule has 3 aliphatic rings. The van der Waals surface area contributed by atoms with Gasteiger partial charge in [0.25, 0.3) is 0 Å². The maximum absolute atomic E-state index is 12.3. The minimum absolute atomic E-state index is 0.441. The molecule has 2 heterocycles. The summed E-state index contributed by atoms with van der Waals surface area (Å²) in [7, 11) is 2.21. The highest BCUT2D eigenvalue weighted by Crippen LogP contribution is 2.41. The van der Waals surface area contributed by atoms with E-state index >= 15 is 0 Å². The number of hydrogen-bond donors (Lipinski definition) is 0. The van der Waals surface area contributed by atoms with E-state index < -0.39 is 0 Å². The highest BCUT2D eigenvalue weighted by molar-refractivity contribution is 5.77. The molecule has 3 nitrogen and oxygen atoms in total. The van der Waals surface area contributed by atoms with Gasteiger partial charge in [-0.25, -0.2) is 0 Å². The van der Waals surface area contributed by atoms with Crippen LogP contribution in [0.2, 0.25) is 0 Å². The molecule has 0 unspecified atom stereocenters. The molecule has 2 saturated heterocycles. The highest BCUT2D eigenvalue weighted by Gasteiger charge is 2.46. The Morgan fingerprint density at radius 2 is 1.74 bits per heavy atom. The van der Waals surface area contributed by atoms with Gasteiger partial charge in [0.15, 0.2) is 0 Å². The van der Waals surface area contributed by atoms with Gasteiger partial charge in [-0.1, -0.05) is 19.3 Å². The normalized spacial score (nSPS) is 28.4. The minimum Gasteiger partial charge on any atom is -0.341 e. The smallest absolute Gasteiger partial charge is 0.222 e. The summed E-state index contributed by atoms with van der Waals surface area (Å²) in [6, 6.07) is 0. The minimum atomic E-state index is 0.441. The molecule has 108 valence electrons. The zero-order valence-electron chi connectivity index (χ0n) is 12.4. The summed E-state index contributed by atoms with van der Waals surface area (Å²) in [5, 5.41) is 0. The summed E-state index contributed by atoms with van der Waals surface area (Å²) in [5.41, 5.74) is 0.495. The molecular weight excluding hydrogens is 236 g/mol. The number of rotatable bonds is 2. The van der Waals surface area contributed by atoms with E-state index in [1.807, 2.05) is 0 Å². The van der Waals surface area contributed by atoms with Gasteiger partial charge in [0.05, 0.1) is 0 Å². The fourth-order valence-corrected chi connectivity index (χ4v) is 4.12. The van der Waals surface area contributed by atoms with E-state index in [1.54, 1.807) is 0 Å². The van der Waals surface area contributed by atoms with Crippen molar-refractivity contribution in [2.24, 2.45) is 11.3 Å². The molecule has 3 heteroatoms. The van der Waals surface area contributed by atoms with Crippen LogP contribution in [0.4, 0.5) is 0 Å². The van der Waals surface area contributed by atoms with Crippen molar-refractivity contribution in [2.45, 2.75) is 51.4 Å². The van der Waals surface area contributed by atoms with E-state index in [2.05, 4.69) is 16.8 Å². The van der Waals surface area contributed by atoms with Crippen molar-refractivity contribution in [3.05, 3.63) is 0 Å². The van der Waals surface area contributed by atoms with E-state index in [0.29, 0.717) is 17.2 Å². The van der Waals surface area contributed by atoms with Crippen molar-refractivity contribution in [1.29, 1.82) is 0 Å². The van der Waals surface area contributed by atoms with Crippen LogP contribution in [0.5, 0.6) is 0 Å². The Hall–Kier alpha value is -0.570. The lowest BCUT2D eigenvalue weighted by Crippen LogP contribution is -2.61. The van der Waals surface area contributed by atoms with Crippen molar-refractivity contribution in [3.63, 3.8) is 0 Å². The SMILES string of the molecule is CN1CCC2(CC1)CN(C(=O)CC1CCCCC1)C2. The highest BCUT2D eigenvalue weighted by atomic mass is 16.2. The maximum Gasteiger partial charge on any atom is 0.222 e. The molecule has 1 aliphatic carbocycles. The third kappa shape index (κ3) is 2.96. The van der Waals surface area contributed by atoms with Gasteiger partial charge in [-0.3, -0.25) is 4.79 Å². The van der Waals surface area contributed by atoms with Gasteiger partial charge < -0.3 is 9.80 Å². The number of likely N-dealkylation sites (tertiary alicyclic amines) is 2. The van der Waals surface area contributed by atoms with Crippen LogP contribution in [-0.4, -0.2) is 48.9 Å². The van der Waals surface area contributed by atoms with Gasteiger partial charge in [0.2, 0.25) is 5.91 Å². The van der Waals surface area contributed by atoms with Crippen molar-refractivity contribution < 1.29 is 4.79 Å². The van der Waals surface area contributed by atoms with E-state index in [1.165, 1.54) is 58.0 Å². The van der Waals surface area contributed by atoms with Gasteiger partial charge in [-0.2, -0.15) is 0 Å². The number of hydrogen-bond acceptors (Lipinski definition) is 2. The Bertz CT molecular complexity index is 320. The summed E-state index contributed by atoms with van der Waals surface area (Å²) in [6.45, 7) is 4.52. The van der Waals surface area contributed by atoms with Crippen molar-refractivity contribution in [1.82, 2.24) is 9.80 Å². The summed E-state index contributed by atoms with van der Waals surface area (Å²) in [4.78, 5) is 16.9. The molecule has 3 rings (SSSR count). The van der Waals surface area contributed by atoms with Crippen molar-refractivity contribution in [3.8, 4) is 0 Å². The third-order valence-corrected chi connectivity index (χ3v) is 5.64. The monoisotopic (exact) mass is 264 g/mol. The van der Waals surface area contributed by atoms with Crippen LogP contribution in [0, 0.1) is 11.3 Å². The average Bonchev–Trinajstić information content (AvgIpc) is 2.38. The van der Waals surface area contributed by atoms with Crippen LogP contribution in [0.3, 0.4) is 0 Å². The third-order valence-electron chi connectivity index (χ3n) is 5.64. The second-order valence-electron chi connectivity index (χ2n) is 7.26. The predicted molar refractivity (Wildman–Crippen MR) is 76.9 cm³/mol. The Morgan fingerprint density at radius 3 is 2.37 bits per heavy atom. The van der Waals surface area contributed by atoms with Crippen LogP contribution in [0.25, 0.3) is 0 Å². The van der Waals surface area contributed by atoms with Crippen LogP contribution >= 0.6 is 0 Å². The molecule has 0 N–H and O–H groups in total. The molecule has 0 aromatic rings. The molecule has 1 saturated carbocycles. The second kappa shape index (κ2) is 5.43. The molecule has 2 aliphatic heterocycles. The molecule has 1 amide bonds. The first-order valence-electron chi connectivity index (χ1n) is 8.13. The van der Waals surface area contributed by atoms with Gasteiger partial charge in [-0.15, -0.1) is 0 Å². The summed E-state index contributed by atoms with van der Waals surface area (Å²) >= 11 is 0. The van der Waals surface area contributed by atoms with E-state index in [0.717, 1.165) is 19.5 Å². The molecule has 1 spiro atoms. The average molecular weight is 264 g/mol. The molecule has 3 fully saturated rings. The molecule has 19 heavy (non-hydrogen) atoms. The molecule has 0 aromatic carbocycles. The first-order valence-corrected chi connectivity index (χ1v) is 8.13. The van der Waals surface area contributed by atoms with Crippen molar-refractivity contribution in [2.75, 3.05) is 33.2 Å². The molecular formula is C16H28N2O. The first kappa shape index (κ1) is 13.4. The largest absolute Gasteiger partial charge is 0.341 e. The fourth-order valence-electron chi connectivity index (χ4n) is 4.12. The van der Waals surface area contributed by atoms with Gasteiger partial charge >= 0.3 is 0 Å². The van der Waals surface area contributed by atoms with Gasteiger partial charge in [0.1, 0.15) is 0 Å². The van der Waals surface area contributed by atoms with Crippen LogP contribution in [-0.2, 0) is 4.79 Å². The number of carbonyl (C=O) groups excluding carboxylic acids is 1. The zero-order chi connectivity index (χ0) is 13.3. The number of carbonyl (C=O) groups is 1. The second-order valence-corrected chi connectivity index (χ2v) is 7.26. The number of amides is 1. The Kier molecular flexibility index (Phi) is 3.84. The standard InChI is InChI=1S/C16H28N2O/c1-17-9-7-16(8-10-17)12-18(13-16)15(19)11-14-5-3-2-4-6-14/h14H,2-13H2,1H3. The van der Waals surface area contributed by atoms with E-state index in [-0.39, 0.29) is 0 Å². The Balaban J connectivity index is 1.43. The quantitative estimate of drug-likeness (QED) is 0.765. The Morgan fingerprint density at radius 1 is 1.11 bits per heavy atom. The first-order chi connectivity index (χ1) is 9.17. The fraction of sp³-hybridized carbons (Fsp3) is 0.938. The number of piperidine rings is 1. The summed E-state index contributed by atoms with van der Waals surface area (Å²) in [6.07, 6.45) is 10.0. The molecule has 0 radical (unpaired) electrons. The topological polar surface area (TPSA) is 23.6 Å². The van der Waals surface area contributed by atoms with Crippen molar-refractivity contribution >= 4 is 5.91 Å². The summed E-state index contributed by atoms with van der Waals surface area (Å²) < 4.78 is 0. The maximum atomic E-state index is 12.3. The predicted octanol–water partition coefficient (Wildman–Crippen LogP) is 2.51. The molecule has 0 aromatic heterocycles. The van der Waals surface area contributed by atoms with E-state index in [4.69, 9.17) is 0 Å². The van der Waals surface area contributed by atoms with Gasteiger partial charge in [0, 0.05) is 24.9 Å². The van der Waals surface area contributed by atoms with Crippen LogP contribution in [0.15, 0.2) is 0 Å². The Labute approximate surface area is 117 Å². The lowest BCUT2D eigenvalue weighted by Gasteiger charge is -2.54. The van der Waals surface area contributed by atoms with E-state index in [9.17, 15) is 4.79 Å². The molecule has 0 bridgehead atoms. The molecule has 0 atom stereocenters. The zero-order valence-corrected chi connectivity index (χ0v) is 12.4. The number of nitrogens with zero attached hydrogens (tertiary/aromatic N) is 2.